The molecule has 0 amide bonds. The second-order valence-corrected chi connectivity index (χ2v) is 5.06. The third kappa shape index (κ3) is 2.71. The van der Waals surface area contributed by atoms with Crippen molar-refractivity contribution in [1.29, 1.82) is 0 Å². The lowest BCUT2D eigenvalue weighted by atomic mass is 10.1. The maximum atomic E-state index is 13.2. The monoisotopic (exact) mass is 297 g/mol. The number of piperidine rings is 1. The van der Waals surface area contributed by atoms with Gasteiger partial charge < -0.3 is 10.6 Å². The molecule has 3 rings (SSSR count). The molecular formula is C13H14F3N5. The first-order valence-electron chi connectivity index (χ1n) is 6.62. The zero-order chi connectivity index (χ0) is 15.0. The molecule has 5 nitrogen and oxygen atoms in total. The Morgan fingerprint density at radius 2 is 1.76 bits per heavy atom. The number of aromatic amines is 1. The van der Waals surface area contributed by atoms with Crippen molar-refractivity contribution in [3.8, 4) is 11.4 Å². The van der Waals surface area contributed by atoms with Crippen LogP contribution in [0.5, 0.6) is 0 Å². The van der Waals surface area contributed by atoms with Gasteiger partial charge >= 0.3 is 0 Å². The Morgan fingerprint density at radius 1 is 1.14 bits per heavy atom. The van der Waals surface area contributed by atoms with Crippen molar-refractivity contribution >= 4 is 5.95 Å². The second-order valence-electron chi connectivity index (χ2n) is 5.06. The van der Waals surface area contributed by atoms with Gasteiger partial charge in [0.05, 0.1) is 0 Å². The van der Waals surface area contributed by atoms with Crippen LogP contribution in [0.4, 0.5) is 19.1 Å². The molecule has 1 aromatic carbocycles. The molecular weight excluding hydrogens is 283 g/mol. The molecule has 0 bridgehead atoms. The van der Waals surface area contributed by atoms with Gasteiger partial charge in [-0.15, -0.1) is 5.10 Å². The van der Waals surface area contributed by atoms with E-state index in [-0.39, 0.29) is 17.4 Å². The van der Waals surface area contributed by atoms with Crippen LogP contribution < -0.4 is 10.6 Å². The van der Waals surface area contributed by atoms with E-state index >= 15 is 0 Å². The molecule has 3 N–H and O–H groups in total. The normalized spacial score (nSPS) is 16.5. The molecule has 0 unspecified atom stereocenters. The highest BCUT2D eigenvalue weighted by atomic mass is 19.2. The minimum absolute atomic E-state index is 0.110. The molecule has 2 aromatic rings. The van der Waals surface area contributed by atoms with Gasteiger partial charge in [-0.05, 0) is 25.0 Å². The molecule has 1 aromatic heterocycles. The van der Waals surface area contributed by atoms with Crippen LogP contribution in [0, 0.1) is 17.5 Å². The van der Waals surface area contributed by atoms with E-state index < -0.39 is 17.5 Å². The SMILES string of the molecule is NC1CCN(c2n[nH]c(-c3cc(F)c(F)c(F)c3)n2)CC1. The Hall–Kier alpha value is -2.09. The summed E-state index contributed by atoms with van der Waals surface area (Å²) in [4.78, 5) is 6.15. The van der Waals surface area contributed by atoms with Gasteiger partial charge in [-0.25, -0.2) is 13.2 Å². The van der Waals surface area contributed by atoms with Crippen LogP contribution in [-0.2, 0) is 0 Å². The molecule has 1 fully saturated rings. The minimum Gasteiger partial charge on any atom is -0.339 e. The zero-order valence-electron chi connectivity index (χ0n) is 11.1. The first-order chi connectivity index (χ1) is 10.0. The number of nitrogens with two attached hydrogens (primary N) is 1. The number of H-pyrrole nitrogens is 1. The molecule has 1 saturated heterocycles. The van der Waals surface area contributed by atoms with E-state index in [1.165, 1.54) is 0 Å². The molecule has 0 saturated carbocycles. The van der Waals surface area contributed by atoms with Crippen LogP contribution in [0.25, 0.3) is 11.4 Å². The first kappa shape index (κ1) is 13.9. The summed E-state index contributed by atoms with van der Waals surface area (Å²) in [6.07, 6.45) is 1.67. The van der Waals surface area contributed by atoms with Crippen LogP contribution >= 0.6 is 0 Å². The van der Waals surface area contributed by atoms with Gasteiger partial charge in [0.15, 0.2) is 23.3 Å². The van der Waals surface area contributed by atoms with Crippen molar-refractivity contribution in [2.45, 2.75) is 18.9 Å². The molecule has 112 valence electrons. The fraction of sp³-hybridized carbons (Fsp3) is 0.385. The predicted molar refractivity (Wildman–Crippen MR) is 71.1 cm³/mol. The van der Waals surface area contributed by atoms with Gasteiger partial charge in [-0.1, -0.05) is 0 Å². The zero-order valence-corrected chi connectivity index (χ0v) is 11.1. The largest absolute Gasteiger partial charge is 0.339 e. The van der Waals surface area contributed by atoms with Crippen molar-refractivity contribution < 1.29 is 13.2 Å². The quantitative estimate of drug-likeness (QED) is 0.829. The average molecular weight is 297 g/mol. The van der Waals surface area contributed by atoms with Crippen molar-refractivity contribution in [3.05, 3.63) is 29.6 Å². The van der Waals surface area contributed by atoms with Crippen LogP contribution in [0.1, 0.15) is 12.8 Å². The highest BCUT2D eigenvalue weighted by Gasteiger charge is 2.20. The number of benzene rings is 1. The summed E-state index contributed by atoms with van der Waals surface area (Å²) in [7, 11) is 0. The van der Waals surface area contributed by atoms with Crippen LogP contribution in [-0.4, -0.2) is 34.3 Å². The van der Waals surface area contributed by atoms with Crippen molar-refractivity contribution in [1.82, 2.24) is 15.2 Å². The highest BCUT2D eigenvalue weighted by Crippen LogP contribution is 2.23. The Bertz CT molecular complexity index is 626. The lowest BCUT2D eigenvalue weighted by Crippen LogP contribution is -2.40. The third-order valence-corrected chi connectivity index (χ3v) is 3.55. The number of nitrogens with one attached hydrogen (secondary N) is 1. The molecule has 0 spiro atoms. The van der Waals surface area contributed by atoms with Gasteiger partial charge in [0.25, 0.3) is 0 Å². The molecule has 0 aliphatic carbocycles. The maximum Gasteiger partial charge on any atom is 0.245 e. The summed E-state index contributed by atoms with van der Waals surface area (Å²) in [5, 5.41) is 6.65. The highest BCUT2D eigenvalue weighted by molar-refractivity contribution is 5.56. The van der Waals surface area contributed by atoms with Crippen LogP contribution in [0.15, 0.2) is 12.1 Å². The van der Waals surface area contributed by atoms with E-state index in [0.29, 0.717) is 5.95 Å². The van der Waals surface area contributed by atoms with Crippen LogP contribution in [0.3, 0.4) is 0 Å². The number of rotatable bonds is 2. The number of anilines is 1. The predicted octanol–water partition coefficient (Wildman–Crippen LogP) is 1.82. The Kier molecular flexibility index (Phi) is 3.54. The summed E-state index contributed by atoms with van der Waals surface area (Å²) in [6, 6.07) is 1.95. The standard InChI is InChI=1S/C13H14F3N5/c14-9-5-7(6-10(15)11(9)16)12-18-13(20-19-12)21-3-1-8(17)2-4-21/h5-6,8H,1-4,17H2,(H,18,19,20). The summed E-state index contributed by atoms with van der Waals surface area (Å²) in [5.74, 6) is -3.37. The van der Waals surface area contributed by atoms with Gasteiger partial charge in [-0.3, -0.25) is 5.10 Å². The summed E-state index contributed by atoms with van der Waals surface area (Å²) in [5.41, 5.74) is 5.93. The Labute approximate surface area is 119 Å². The van der Waals surface area contributed by atoms with E-state index in [4.69, 9.17) is 5.73 Å². The minimum atomic E-state index is -1.50. The summed E-state index contributed by atoms with van der Waals surface area (Å²) >= 11 is 0. The second kappa shape index (κ2) is 5.36. The Balaban J connectivity index is 1.85. The van der Waals surface area contributed by atoms with Crippen molar-refractivity contribution in [2.75, 3.05) is 18.0 Å². The Morgan fingerprint density at radius 3 is 2.38 bits per heavy atom. The van der Waals surface area contributed by atoms with Gasteiger partial charge in [0.2, 0.25) is 5.95 Å². The number of hydrogen-bond donors (Lipinski definition) is 2. The van der Waals surface area contributed by atoms with Crippen molar-refractivity contribution in [2.24, 2.45) is 5.73 Å². The number of hydrogen-bond acceptors (Lipinski definition) is 4. The van der Waals surface area contributed by atoms with Crippen LogP contribution in [0.2, 0.25) is 0 Å². The van der Waals surface area contributed by atoms with E-state index in [1.807, 2.05) is 4.90 Å². The number of halogens is 3. The van der Waals surface area contributed by atoms with E-state index in [2.05, 4.69) is 15.2 Å². The van der Waals surface area contributed by atoms with Gasteiger partial charge in [0.1, 0.15) is 0 Å². The van der Waals surface area contributed by atoms with Gasteiger partial charge in [0, 0.05) is 24.7 Å². The average Bonchev–Trinajstić information content (AvgIpc) is 2.95. The van der Waals surface area contributed by atoms with Crippen molar-refractivity contribution in [3.63, 3.8) is 0 Å². The third-order valence-electron chi connectivity index (χ3n) is 3.55. The smallest absolute Gasteiger partial charge is 0.245 e. The molecule has 21 heavy (non-hydrogen) atoms. The molecule has 0 radical (unpaired) electrons. The molecule has 2 heterocycles. The topological polar surface area (TPSA) is 70.8 Å². The number of aromatic nitrogens is 3. The lowest BCUT2D eigenvalue weighted by molar-refractivity contribution is 0.447. The van der Waals surface area contributed by atoms with E-state index in [9.17, 15) is 13.2 Å². The summed E-state index contributed by atoms with van der Waals surface area (Å²) in [6.45, 7) is 1.45. The molecule has 0 atom stereocenters. The fourth-order valence-corrected chi connectivity index (χ4v) is 2.32. The lowest BCUT2D eigenvalue weighted by Gasteiger charge is -2.28. The van der Waals surface area contributed by atoms with Gasteiger partial charge in [-0.2, -0.15) is 4.98 Å². The molecule has 1 aliphatic rings. The maximum absolute atomic E-state index is 13.2. The molecule has 8 heteroatoms. The fourth-order valence-electron chi connectivity index (χ4n) is 2.32. The first-order valence-corrected chi connectivity index (χ1v) is 6.62. The molecule has 1 aliphatic heterocycles. The van der Waals surface area contributed by atoms with E-state index in [1.54, 1.807) is 0 Å². The summed E-state index contributed by atoms with van der Waals surface area (Å²) < 4.78 is 39.4. The van der Waals surface area contributed by atoms with E-state index in [0.717, 1.165) is 38.1 Å². The number of nitrogens with zero attached hydrogens (tertiary/aromatic N) is 3.